The van der Waals surface area contributed by atoms with Gasteiger partial charge in [0.05, 0.1) is 19.4 Å². The normalized spacial score (nSPS) is 11.2. The summed E-state index contributed by atoms with van der Waals surface area (Å²) in [6, 6.07) is 19.0. The van der Waals surface area contributed by atoms with Crippen molar-refractivity contribution < 1.29 is 8.83 Å². The van der Waals surface area contributed by atoms with Gasteiger partial charge in [-0.1, -0.05) is 91.1 Å². The van der Waals surface area contributed by atoms with Gasteiger partial charge >= 0.3 is 0 Å². The van der Waals surface area contributed by atoms with Crippen molar-refractivity contribution in [3.63, 3.8) is 0 Å². The molecular weight excluding hydrogens is 482 g/mol. The smallest absolute Gasteiger partial charge is 0.118 e. The third-order valence-electron chi connectivity index (χ3n) is 6.47. The lowest BCUT2D eigenvalue weighted by atomic mass is 9.94. The van der Waals surface area contributed by atoms with Crippen molar-refractivity contribution in [3.05, 3.63) is 83.7 Å². The molecule has 2 aromatic heterocycles. The third kappa shape index (κ3) is 15.1. The molecule has 0 aliphatic rings. The Morgan fingerprint density at radius 3 is 1.69 bits per heavy atom. The Hall–Kier alpha value is -2.34. The summed E-state index contributed by atoms with van der Waals surface area (Å²) in [6.45, 7) is 19.6. The second-order valence-electron chi connectivity index (χ2n) is 11.1. The van der Waals surface area contributed by atoms with E-state index in [9.17, 15) is 0 Å². The van der Waals surface area contributed by atoms with Gasteiger partial charge in [0.1, 0.15) is 17.3 Å². The van der Waals surface area contributed by atoms with Gasteiger partial charge in [-0.25, -0.2) is 0 Å². The Kier molecular flexibility index (Phi) is 18.3. The molecule has 3 aromatic rings. The van der Waals surface area contributed by atoms with Crippen molar-refractivity contribution >= 4 is 0 Å². The number of nitrogens with zero attached hydrogens (tertiary/aromatic N) is 2. The number of hydrogen-bond donors (Lipinski definition) is 1. The largest absolute Gasteiger partial charge is 0.468 e. The highest BCUT2D eigenvalue weighted by molar-refractivity contribution is 5.16. The zero-order chi connectivity index (χ0) is 28.9. The summed E-state index contributed by atoms with van der Waals surface area (Å²) in [7, 11) is 1.50. The standard InChI is InChI=1S/C20H29NO.C13H23NO.CH5N/c1-5-6-14-21(15-17-10-8-7-9-11-17)16-18-12-13-19(22-18)20(2,3)4;1-3-5-9-14(10-6-4-2)12-13-8-7-11-15-13;1-2/h7-13H,5-6,14-16H2,1-4H3;7-8,11H,3-6,9-10,12H2,1-2H3;2H2,1H3. The molecule has 0 unspecified atom stereocenters. The molecule has 0 fully saturated rings. The van der Waals surface area contributed by atoms with Crippen molar-refractivity contribution in [2.75, 3.05) is 26.7 Å². The van der Waals surface area contributed by atoms with Gasteiger partial charge in [0.25, 0.3) is 0 Å². The number of benzene rings is 1. The maximum absolute atomic E-state index is 6.05. The topological polar surface area (TPSA) is 58.8 Å². The summed E-state index contributed by atoms with van der Waals surface area (Å²) in [5.74, 6) is 3.22. The van der Waals surface area contributed by atoms with Crippen LogP contribution in [0.4, 0.5) is 0 Å². The number of rotatable bonds is 15. The van der Waals surface area contributed by atoms with Crippen LogP contribution in [-0.4, -0.2) is 36.5 Å². The minimum atomic E-state index is 0.0753. The van der Waals surface area contributed by atoms with Gasteiger partial charge in [0, 0.05) is 12.0 Å². The molecule has 0 radical (unpaired) electrons. The molecule has 2 N–H and O–H groups in total. The fourth-order valence-electron chi connectivity index (χ4n) is 4.18. The van der Waals surface area contributed by atoms with E-state index in [-0.39, 0.29) is 5.41 Å². The summed E-state index contributed by atoms with van der Waals surface area (Å²) in [4.78, 5) is 4.97. The fourth-order valence-corrected chi connectivity index (χ4v) is 4.18. The van der Waals surface area contributed by atoms with Gasteiger partial charge in [-0.05, 0) is 75.8 Å². The molecule has 0 aliphatic carbocycles. The van der Waals surface area contributed by atoms with E-state index in [2.05, 4.69) is 106 Å². The molecule has 2 heterocycles. The van der Waals surface area contributed by atoms with Crippen LogP contribution in [0.3, 0.4) is 0 Å². The zero-order valence-electron chi connectivity index (χ0n) is 26.0. The van der Waals surface area contributed by atoms with E-state index in [1.807, 2.05) is 6.07 Å². The van der Waals surface area contributed by atoms with E-state index in [1.54, 1.807) is 6.26 Å². The Balaban J connectivity index is 0.000000391. The van der Waals surface area contributed by atoms with Gasteiger partial charge < -0.3 is 14.6 Å². The molecule has 1 aromatic carbocycles. The fraction of sp³-hybridized carbons (Fsp3) is 0.588. The molecule has 3 rings (SSSR count). The highest BCUT2D eigenvalue weighted by Gasteiger charge is 2.19. The second kappa shape index (κ2) is 20.5. The highest BCUT2D eigenvalue weighted by atomic mass is 16.3. The summed E-state index contributed by atoms with van der Waals surface area (Å²) >= 11 is 0. The molecule has 0 atom stereocenters. The predicted octanol–water partition coefficient (Wildman–Crippen LogP) is 8.64. The second-order valence-corrected chi connectivity index (χ2v) is 11.1. The molecule has 5 nitrogen and oxygen atoms in total. The van der Waals surface area contributed by atoms with Crippen LogP contribution in [0.2, 0.25) is 0 Å². The van der Waals surface area contributed by atoms with Crippen molar-refractivity contribution in [3.8, 4) is 0 Å². The van der Waals surface area contributed by atoms with E-state index in [1.165, 1.54) is 64.2 Å². The summed E-state index contributed by atoms with van der Waals surface area (Å²) in [5, 5.41) is 0. The van der Waals surface area contributed by atoms with Gasteiger partial charge in [-0.3, -0.25) is 9.80 Å². The van der Waals surface area contributed by atoms with E-state index in [4.69, 9.17) is 8.83 Å². The van der Waals surface area contributed by atoms with Crippen molar-refractivity contribution in [1.29, 1.82) is 0 Å². The summed E-state index contributed by atoms with van der Waals surface area (Å²) in [6.07, 6.45) is 9.29. The van der Waals surface area contributed by atoms with Gasteiger partial charge in [-0.2, -0.15) is 0 Å². The first-order valence-corrected chi connectivity index (χ1v) is 15.0. The summed E-state index contributed by atoms with van der Waals surface area (Å²) < 4.78 is 11.4. The molecule has 0 bridgehead atoms. The van der Waals surface area contributed by atoms with Crippen LogP contribution in [-0.2, 0) is 25.0 Å². The van der Waals surface area contributed by atoms with Gasteiger partial charge in [0.2, 0.25) is 0 Å². The zero-order valence-corrected chi connectivity index (χ0v) is 26.0. The van der Waals surface area contributed by atoms with Crippen LogP contribution in [0.1, 0.15) is 103 Å². The monoisotopic (exact) mass is 539 g/mol. The maximum Gasteiger partial charge on any atom is 0.118 e. The third-order valence-corrected chi connectivity index (χ3v) is 6.47. The van der Waals surface area contributed by atoms with Crippen LogP contribution in [0.15, 0.2) is 69.7 Å². The molecule has 0 spiro atoms. The van der Waals surface area contributed by atoms with Crippen molar-refractivity contribution in [2.24, 2.45) is 5.73 Å². The first-order valence-electron chi connectivity index (χ1n) is 15.0. The van der Waals surface area contributed by atoms with Crippen LogP contribution in [0.5, 0.6) is 0 Å². The Bertz CT molecular complexity index is 921. The molecule has 39 heavy (non-hydrogen) atoms. The Labute approximate surface area is 239 Å². The number of nitrogens with two attached hydrogens (primary N) is 1. The van der Waals surface area contributed by atoms with Crippen molar-refractivity contribution in [2.45, 2.75) is 105 Å². The summed E-state index contributed by atoms with van der Waals surface area (Å²) in [5.41, 5.74) is 5.94. The molecule has 0 aliphatic heterocycles. The Morgan fingerprint density at radius 1 is 0.641 bits per heavy atom. The molecule has 0 saturated heterocycles. The first kappa shape index (κ1) is 34.7. The lowest BCUT2D eigenvalue weighted by molar-refractivity contribution is 0.226. The van der Waals surface area contributed by atoms with E-state index in [0.717, 1.165) is 43.5 Å². The van der Waals surface area contributed by atoms with E-state index in [0.29, 0.717) is 0 Å². The number of hydrogen-bond acceptors (Lipinski definition) is 5. The maximum atomic E-state index is 6.05. The van der Waals surface area contributed by atoms with Crippen LogP contribution >= 0.6 is 0 Å². The number of unbranched alkanes of at least 4 members (excludes halogenated alkanes) is 3. The van der Waals surface area contributed by atoms with Crippen LogP contribution < -0.4 is 5.73 Å². The molecule has 220 valence electrons. The quantitative estimate of drug-likeness (QED) is 0.209. The van der Waals surface area contributed by atoms with Gasteiger partial charge in [0.15, 0.2) is 0 Å². The highest BCUT2D eigenvalue weighted by Crippen LogP contribution is 2.25. The molecule has 0 saturated carbocycles. The van der Waals surface area contributed by atoms with E-state index < -0.39 is 0 Å². The lowest BCUT2D eigenvalue weighted by Crippen LogP contribution is -2.25. The molecular formula is C34H57N3O2. The van der Waals surface area contributed by atoms with Crippen LogP contribution in [0.25, 0.3) is 0 Å². The van der Waals surface area contributed by atoms with Crippen LogP contribution in [0, 0.1) is 0 Å². The van der Waals surface area contributed by atoms with Crippen molar-refractivity contribution in [1.82, 2.24) is 9.80 Å². The first-order chi connectivity index (χ1) is 18.9. The Morgan fingerprint density at radius 2 is 1.21 bits per heavy atom. The minimum Gasteiger partial charge on any atom is -0.468 e. The lowest BCUT2D eigenvalue weighted by Gasteiger charge is -2.21. The average Bonchev–Trinajstić information content (AvgIpc) is 3.63. The SMILES string of the molecule is CCCCN(CCCC)Cc1ccco1.CCCCN(Cc1ccccc1)Cc1ccc(C(C)(C)C)o1.CN. The average molecular weight is 540 g/mol. The molecule has 5 heteroatoms. The number of furan rings is 2. The molecule has 0 amide bonds. The van der Waals surface area contributed by atoms with E-state index >= 15 is 0 Å². The predicted molar refractivity (Wildman–Crippen MR) is 167 cm³/mol. The van der Waals surface area contributed by atoms with Gasteiger partial charge in [-0.15, -0.1) is 0 Å². The minimum absolute atomic E-state index is 0.0753.